The van der Waals surface area contributed by atoms with Crippen molar-refractivity contribution in [2.45, 2.75) is 31.2 Å². The fourth-order valence-electron chi connectivity index (χ4n) is 1.57. The van der Waals surface area contributed by atoms with E-state index >= 15 is 0 Å². The second-order valence-corrected chi connectivity index (χ2v) is 3.36. The van der Waals surface area contributed by atoms with Gasteiger partial charge in [0.25, 0.3) is 0 Å². The van der Waals surface area contributed by atoms with Gasteiger partial charge in [0.15, 0.2) is 0 Å². The maximum absolute atomic E-state index is 11.4. The predicted molar refractivity (Wildman–Crippen MR) is 48.6 cm³/mol. The lowest BCUT2D eigenvalue weighted by Crippen LogP contribution is -2.51. The maximum Gasteiger partial charge on any atom is 0.240 e. The first-order valence-corrected chi connectivity index (χ1v) is 4.37. The molecule has 0 aromatic heterocycles. The molecule has 0 spiro atoms. The van der Waals surface area contributed by atoms with Gasteiger partial charge in [-0.3, -0.25) is 4.79 Å². The Balaban J connectivity index is 2.44. The van der Waals surface area contributed by atoms with Crippen LogP contribution in [0.1, 0.15) is 25.7 Å². The molecule has 1 aliphatic rings. The van der Waals surface area contributed by atoms with Crippen LogP contribution in [0.4, 0.5) is 0 Å². The highest BCUT2D eigenvalue weighted by Gasteiger charge is 2.36. The number of rotatable bonds is 3. The summed E-state index contributed by atoms with van der Waals surface area (Å²) in [5.74, 6) is -0.0279. The molecule has 12 heavy (non-hydrogen) atoms. The fraction of sp³-hybridized carbons (Fsp3) is 0.667. The lowest BCUT2D eigenvalue weighted by molar-refractivity contribution is -0.125. The number of carbonyl (C=O) groups excluding carboxylic acids is 1. The maximum atomic E-state index is 11.4. The molecule has 0 unspecified atom stereocenters. The lowest BCUT2D eigenvalue weighted by Gasteiger charge is -2.21. The van der Waals surface area contributed by atoms with Gasteiger partial charge in [-0.25, -0.2) is 0 Å². The van der Waals surface area contributed by atoms with Crippen LogP contribution in [0.3, 0.4) is 0 Å². The van der Waals surface area contributed by atoms with E-state index in [2.05, 4.69) is 11.9 Å². The Bertz CT molecular complexity index is 183. The summed E-state index contributed by atoms with van der Waals surface area (Å²) in [6.45, 7) is 4.04. The highest BCUT2D eigenvalue weighted by Crippen LogP contribution is 2.26. The van der Waals surface area contributed by atoms with Gasteiger partial charge in [0, 0.05) is 6.54 Å². The topological polar surface area (TPSA) is 55.1 Å². The SMILES string of the molecule is C=CCNC(=O)C1(N)CCCC1. The Morgan fingerprint density at radius 2 is 2.17 bits per heavy atom. The van der Waals surface area contributed by atoms with Crippen LogP contribution in [0.25, 0.3) is 0 Å². The van der Waals surface area contributed by atoms with Gasteiger partial charge in [-0.15, -0.1) is 6.58 Å². The summed E-state index contributed by atoms with van der Waals surface area (Å²) >= 11 is 0. The Morgan fingerprint density at radius 3 is 2.67 bits per heavy atom. The van der Waals surface area contributed by atoms with Crippen LogP contribution < -0.4 is 11.1 Å². The summed E-state index contributed by atoms with van der Waals surface area (Å²) in [5, 5.41) is 2.73. The van der Waals surface area contributed by atoms with Gasteiger partial charge in [0.1, 0.15) is 0 Å². The van der Waals surface area contributed by atoms with Crippen molar-refractivity contribution < 1.29 is 4.79 Å². The van der Waals surface area contributed by atoms with E-state index in [1.807, 2.05) is 0 Å². The van der Waals surface area contributed by atoms with Gasteiger partial charge in [0.05, 0.1) is 5.54 Å². The minimum atomic E-state index is -0.594. The number of hydrogen-bond acceptors (Lipinski definition) is 2. The first-order valence-electron chi connectivity index (χ1n) is 4.37. The molecule has 3 N–H and O–H groups in total. The lowest BCUT2D eigenvalue weighted by atomic mass is 9.98. The van der Waals surface area contributed by atoms with Crippen molar-refractivity contribution in [3.63, 3.8) is 0 Å². The van der Waals surface area contributed by atoms with E-state index in [0.29, 0.717) is 6.54 Å². The van der Waals surface area contributed by atoms with Crippen LogP contribution in [0, 0.1) is 0 Å². The molecule has 0 aromatic carbocycles. The van der Waals surface area contributed by atoms with E-state index in [1.165, 1.54) is 0 Å². The van der Waals surface area contributed by atoms with Crippen LogP contribution in [-0.4, -0.2) is 18.0 Å². The van der Waals surface area contributed by atoms with E-state index in [0.717, 1.165) is 25.7 Å². The average molecular weight is 168 g/mol. The van der Waals surface area contributed by atoms with Gasteiger partial charge >= 0.3 is 0 Å². The third-order valence-electron chi connectivity index (χ3n) is 2.35. The van der Waals surface area contributed by atoms with Gasteiger partial charge in [-0.05, 0) is 12.8 Å². The molecule has 0 heterocycles. The van der Waals surface area contributed by atoms with Crippen molar-refractivity contribution in [1.82, 2.24) is 5.32 Å². The summed E-state index contributed by atoms with van der Waals surface area (Å²) in [7, 11) is 0. The first kappa shape index (κ1) is 9.26. The van der Waals surface area contributed by atoms with Crippen LogP contribution >= 0.6 is 0 Å². The third kappa shape index (κ3) is 1.85. The number of nitrogens with two attached hydrogens (primary N) is 1. The average Bonchev–Trinajstić information content (AvgIpc) is 2.49. The van der Waals surface area contributed by atoms with Crippen LogP contribution in [0.5, 0.6) is 0 Å². The second kappa shape index (κ2) is 3.72. The third-order valence-corrected chi connectivity index (χ3v) is 2.35. The Morgan fingerprint density at radius 1 is 1.58 bits per heavy atom. The van der Waals surface area contributed by atoms with E-state index in [4.69, 9.17) is 5.73 Å². The van der Waals surface area contributed by atoms with Crippen molar-refractivity contribution >= 4 is 5.91 Å². The predicted octanol–water partition coefficient (Wildman–Crippen LogP) is 0.560. The molecule has 3 heteroatoms. The fourth-order valence-corrected chi connectivity index (χ4v) is 1.57. The van der Waals surface area contributed by atoms with E-state index in [-0.39, 0.29) is 5.91 Å². The molecule has 1 fully saturated rings. The summed E-state index contributed by atoms with van der Waals surface area (Å²) < 4.78 is 0. The minimum Gasteiger partial charge on any atom is -0.351 e. The minimum absolute atomic E-state index is 0.0279. The van der Waals surface area contributed by atoms with Crippen molar-refractivity contribution in [3.8, 4) is 0 Å². The summed E-state index contributed by atoms with van der Waals surface area (Å²) in [6.07, 6.45) is 5.43. The van der Waals surface area contributed by atoms with Crippen molar-refractivity contribution in [2.24, 2.45) is 5.73 Å². The normalized spacial score (nSPS) is 20.4. The number of hydrogen-bond donors (Lipinski definition) is 2. The number of carbonyl (C=O) groups is 1. The highest BCUT2D eigenvalue weighted by atomic mass is 16.2. The zero-order valence-corrected chi connectivity index (χ0v) is 7.31. The summed E-state index contributed by atoms with van der Waals surface area (Å²) in [6, 6.07) is 0. The Hall–Kier alpha value is -0.830. The first-order chi connectivity index (χ1) is 5.69. The zero-order chi connectivity index (χ0) is 9.03. The monoisotopic (exact) mass is 168 g/mol. The molecule has 0 aromatic rings. The molecular weight excluding hydrogens is 152 g/mol. The van der Waals surface area contributed by atoms with Gasteiger partial charge < -0.3 is 11.1 Å². The molecule has 1 aliphatic carbocycles. The van der Waals surface area contributed by atoms with E-state index < -0.39 is 5.54 Å². The van der Waals surface area contributed by atoms with Crippen LogP contribution in [0.15, 0.2) is 12.7 Å². The molecule has 3 nitrogen and oxygen atoms in total. The largest absolute Gasteiger partial charge is 0.351 e. The molecule has 68 valence electrons. The molecule has 0 bridgehead atoms. The summed E-state index contributed by atoms with van der Waals surface area (Å²) in [5.41, 5.74) is 5.30. The van der Waals surface area contributed by atoms with Gasteiger partial charge in [-0.2, -0.15) is 0 Å². The quantitative estimate of drug-likeness (QED) is 0.605. The van der Waals surface area contributed by atoms with Crippen molar-refractivity contribution in [2.75, 3.05) is 6.54 Å². The summed E-state index contributed by atoms with van der Waals surface area (Å²) in [4.78, 5) is 11.4. The zero-order valence-electron chi connectivity index (χ0n) is 7.31. The standard InChI is InChI=1S/C9H16N2O/c1-2-7-11-8(12)9(10)5-3-4-6-9/h2H,1,3-7,10H2,(H,11,12). The molecule has 0 saturated heterocycles. The Kier molecular flexibility index (Phi) is 2.87. The molecule has 1 saturated carbocycles. The number of nitrogens with one attached hydrogen (secondary N) is 1. The van der Waals surface area contributed by atoms with E-state index in [9.17, 15) is 4.79 Å². The van der Waals surface area contributed by atoms with Gasteiger partial charge in [-0.1, -0.05) is 18.9 Å². The number of amides is 1. The molecule has 1 rings (SSSR count). The van der Waals surface area contributed by atoms with Crippen LogP contribution in [0.2, 0.25) is 0 Å². The molecule has 0 atom stereocenters. The second-order valence-electron chi connectivity index (χ2n) is 3.36. The van der Waals surface area contributed by atoms with Crippen LogP contribution in [-0.2, 0) is 4.79 Å². The smallest absolute Gasteiger partial charge is 0.240 e. The Labute approximate surface area is 73.0 Å². The van der Waals surface area contributed by atoms with Crippen molar-refractivity contribution in [1.29, 1.82) is 0 Å². The highest BCUT2D eigenvalue weighted by molar-refractivity contribution is 5.86. The van der Waals surface area contributed by atoms with Crippen molar-refractivity contribution in [3.05, 3.63) is 12.7 Å². The molecule has 0 radical (unpaired) electrons. The van der Waals surface area contributed by atoms with E-state index in [1.54, 1.807) is 6.08 Å². The van der Waals surface area contributed by atoms with Gasteiger partial charge in [0.2, 0.25) is 5.91 Å². The molecular formula is C9H16N2O. The molecule has 0 aliphatic heterocycles. The molecule has 1 amide bonds.